The largest absolute Gasteiger partial charge is 0.379 e. The van der Waals surface area contributed by atoms with Gasteiger partial charge in [0.2, 0.25) is 3.79 Å². The van der Waals surface area contributed by atoms with Crippen LogP contribution in [0.5, 0.6) is 0 Å². The van der Waals surface area contributed by atoms with Crippen molar-refractivity contribution in [2.75, 3.05) is 26.3 Å². The summed E-state index contributed by atoms with van der Waals surface area (Å²) in [5.41, 5.74) is 3.06. The predicted molar refractivity (Wildman–Crippen MR) is 82.7 cm³/mol. The molecule has 0 radical (unpaired) electrons. The van der Waals surface area contributed by atoms with E-state index in [1.165, 1.54) is 10.9 Å². The van der Waals surface area contributed by atoms with Gasteiger partial charge in [-0.15, -0.1) is 0 Å². The number of morpholine rings is 1. The summed E-state index contributed by atoms with van der Waals surface area (Å²) < 4.78 is 5.43. The lowest BCUT2D eigenvalue weighted by atomic mass is 10.1. The van der Waals surface area contributed by atoms with Gasteiger partial charge in [-0.25, -0.2) is 0 Å². The van der Waals surface area contributed by atoms with Crippen molar-refractivity contribution in [2.24, 2.45) is 0 Å². The Morgan fingerprint density at radius 3 is 2.89 bits per heavy atom. The van der Waals surface area contributed by atoms with Crippen molar-refractivity contribution in [3.05, 3.63) is 35.5 Å². The molecule has 100 valence electrons. The van der Waals surface area contributed by atoms with Crippen LogP contribution >= 0.6 is 22.6 Å². The van der Waals surface area contributed by atoms with Crippen molar-refractivity contribution in [1.29, 1.82) is 0 Å². The second kappa shape index (κ2) is 5.60. The number of halogens is 1. The summed E-state index contributed by atoms with van der Waals surface area (Å²) in [5, 5.41) is 1.20. The third-order valence-corrected chi connectivity index (χ3v) is 4.11. The molecule has 19 heavy (non-hydrogen) atoms. The van der Waals surface area contributed by atoms with E-state index in [1.807, 2.05) is 47.0 Å². The van der Waals surface area contributed by atoms with Gasteiger partial charge in [-0.1, -0.05) is 6.07 Å². The molecule has 0 atom stereocenters. The summed E-state index contributed by atoms with van der Waals surface area (Å²) in [6, 6.07) is 5.86. The number of hydrogen-bond acceptors (Lipinski definition) is 3. The van der Waals surface area contributed by atoms with E-state index in [4.69, 9.17) is 4.74 Å². The number of rotatable bonds is 3. The van der Waals surface area contributed by atoms with Crippen LogP contribution in [0.15, 0.2) is 24.4 Å². The Hall–Kier alpha value is -0.920. The summed E-state index contributed by atoms with van der Waals surface area (Å²) in [5.74, 6) is 0. The van der Waals surface area contributed by atoms with Crippen molar-refractivity contribution >= 4 is 37.3 Å². The summed E-state index contributed by atoms with van der Waals surface area (Å²) in [6.45, 7) is 4.53. The zero-order chi connectivity index (χ0) is 13.2. The third-order valence-electron chi connectivity index (χ3n) is 3.49. The first-order valence-electron chi connectivity index (χ1n) is 6.34. The Kier molecular flexibility index (Phi) is 3.86. The highest BCUT2D eigenvalue weighted by atomic mass is 127. The van der Waals surface area contributed by atoms with Crippen LogP contribution in [0.4, 0.5) is 0 Å². The minimum atomic E-state index is 0.0730. The second-order valence-electron chi connectivity index (χ2n) is 4.74. The number of fused-ring (bicyclic) bond motifs is 1. The fourth-order valence-electron chi connectivity index (χ4n) is 2.44. The maximum Gasteiger partial charge on any atom is 0.222 e. The smallest absolute Gasteiger partial charge is 0.222 e. The lowest BCUT2D eigenvalue weighted by Crippen LogP contribution is -2.35. The monoisotopic (exact) mass is 370 g/mol. The molecule has 0 bridgehead atoms. The Balaban J connectivity index is 1.86. The molecule has 0 spiro atoms. The van der Waals surface area contributed by atoms with E-state index >= 15 is 0 Å². The second-order valence-corrected chi connectivity index (χ2v) is 5.72. The topological polar surface area (TPSA) is 45.3 Å². The molecule has 0 unspecified atom stereocenters. The number of hydrogen-bond donors (Lipinski definition) is 1. The third kappa shape index (κ3) is 2.82. The number of aromatic amines is 1. The Morgan fingerprint density at radius 1 is 1.37 bits per heavy atom. The molecule has 0 saturated carbocycles. The fourth-order valence-corrected chi connectivity index (χ4v) is 2.78. The van der Waals surface area contributed by atoms with Gasteiger partial charge >= 0.3 is 0 Å². The van der Waals surface area contributed by atoms with E-state index in [1.54, 1.807) is 0 Å². The Morgan fingerprint density at radius 2 is 2.16 bits per heavy atom. The number of carbonyl (C=O) groups is 1. The molecule has 1 N–H and O–H groups in total. The van der Waals surface area contributed by atoms with Crippen LogP contribution in [0.2, 0.25) is 0 Å². The lowest BCUT2D eigenvalue weighted by molar-refractivity contribution is 0.0343. The highest BCUT2D eigenvalue weighted by Crippen LogP contribution is 2.22. The van der Waals surface area contributed by atoms with Crippen molar-refractivity contribution in [1.82, 2.24) is 9.88 Å². The molecular weight excluding hydrogens is 355 g/mol. The van der Waals surface area contributed by atoms with E-state index in [9.17, 15) is 4.79 Å². The van der Waals surface area contributed by atoms with Gasteiger partial charge < -0.3 is 9.72 Å². The number of ether oxygens (including phenoxy) is 1. The molecular formula is C14H15IN2O2. The molecule has 1 aliphatic heterocycles. The van der Waals surface area contributed by atoms with Crippen molar-refractivity contribution in [2.45, 2.75) is 6.54 Å². The minimum Gasteiger partial charge on any atom is -0.379 e. The summed E-state index contributed by atoms with van der Waals surface area (Å²) in [4.78, 5) is 17.0. The zero-order valence-corrected chi connectivity index (χ0v) is 12.6. The SMILES string of the molecule is O=C(I)c1ccc2c(CN3CCOCC3)c[nH]c2c1. The van der Waals surface area contributed by atoms with Crippen LogP contribution in [0.1, 0.15) is 15.9 Å². The number of benzene rings is 1. The molecule has 0 amide bonds. The molecule has 2 heterocycles. The first-order valence-corrected chi connectivity index (χ1v) is 7.42. The van der Waals surface area contributed by atoms with Gasteiger partial charge in [0.15, 0.2) is 0 Å². The summed E-state index contributed by atoms with van der Waals surface area (Å²) in [7, 11) is 0. The van der Waals surface area contributed by atoms with Gasteiger partial charge in [-0.05, 0) is 17.7 Å². The van der Waals surface area contributed by atoms with Crippen LogP contribution < -0.4 is 0 Å². The minimum absolute atomic E-state index is 0.0730. The number of H-pyrrole nitrogens is 1. The maximum absolute atomic E-state index is 11.4. The molecule has 5 heteroatoms. The average molecular weight is 370 g/mol. The van der Waals surface area contributed by atoms with Crippen molar-refractivity contribution in [3.63, 3.8) is 0 Å². The fraction of sp³-hybridized carbons (Fsp3) is 0.357. The number of aromatic nitrogens is 1. The van der Waals surface area contributed by atoms with E-state index in [2.05, 4.69) is 9.88 Å². The maximum atomic E-state index is 11.4. The van der Waals surface area contributed by atoms with Crippen molar-refractivity contribution in [3.8, 4) is 0 Å². The van der Waals surface area contributed by atoms with Crippen LogP contribution in [-0.4, -0.2) is 40.0 Å². The van der Waals surface area contributed by atoms with E-state index in [0.29, 0.717) is 0 Å². The molecule has 1 aliphatic rings. The summed E-state index contributed by atoms with van der Waals surface area (Å²) >= 11 is 1.82. The number of nitrogens with one attached hydrogen (secondary N) is 1. The lowest BCUT2D eigenvalue weighted by Gasteiger charge is -2.26. The quantitative estimate of drug-likeness (QED) is 0.667. The first kappa shape index (κ1) is 13.1. The molecule has 1 aromatic carbocycles. The van der Waals surface area contributed by atoms with Gasteiger partial charge in [0.05, 0.1) is 13.2 Å². The number of carbonyl (C=O) groups excluding carboxylic acids is 1. The van der Waals surface area contributed by atoms with E-state index in [0.717, 1.165) is 43.9 Å². The molecule has 0 aliphatic carbocycles. The van der Waals surface area contributed by atoms with Crippen LogP contribution in [0, 0.1) is 0 Å². The molecule has 2 aromatic rings. The van der Waals surface area contributed by atoms with Crippen LogP contribution in [-0.2, 0) is 11.3 Å². The van der Waals surface area contributed by atoms with Crippen LogP contribution in [0.25, 0.3) is 10.9 Å². The normalized spacial score (nSPS) is 16.9. The van der Waals surface area contributed by atoms with Gasteiger partial charge in [0.1, 0.15) is 0 Å². The van der Waals surface area contributed by atoms with Gasteiger partial charge in [-0.3, -0.25) is 9.69 Å². The molecule has 1 aromatic heterocycles. The summed E-state index contributed by atoms with van der Waals surface area (Å²) in [6.07, 6.45) is 2.04. The molecule has 1 saturated heterocycles. The van der Waals surface area contributed by atoms with Gasteiger partial charge in [0, 0.05) is 64.9 Å². The Bertz CT molecular complexity index is 603. The van der Waals surface area contributed by atoms with E-state index < -0.39 is 0 Å². The molecule has 4 nitrogen and oxygen atoms in total. The van der Waals surface area contributed by atoms with Crippen molar-refractivity contribution < 1.29 is 9.53 Å². The molecule has 3 rings (SSSR count). The van der Waals surface area contributed by atoms with Gasteiger partial charge in [-0.2, -0.15) is 0 Å². The Labute approximate surface area is 125 Å². The standard InChI is InChI=1S/C14H15IN2O2/c15-14(18)10-1-2-12-11(8-16-13(12)7-10)9-17-3-5-19-6-4-17/h1-2,7-8,16H,3-6,9H2. The predicted octanol–water partition coefficient (Wildman–Crippen LogP) is 2.58. The van der Waals surface area contributed by atoms with Crippen LogP contribution in [0.3, 0.4) is 0 Å². The zero-order valence-electron chi connectivity index (χ0n) is 10.5. The highest BCUT2D eigenvalue weighted by Gasteiger charge is 2.13. The average Bonchev–Trinajstić information content (AvgIpc) is 2.82. The van der Waals surface area contributed by atoms with Gasteiger partial charge in [0.25, 0.3) is 0 Å². The highest BCUT2D eigenvalue weighted by molar-refractivity contribution is 14.1. The van der Waals surface area contributed by atoms with E-state index in [-0.39, 0.29) is 3.79 Å². The first-order chi connectivity index (χ1) is 9.24. The number of nitrogens with zero attached hydrogens (tertiary/aromatic N) is 1. The molecule has 1 fully saturated rings.